The SMILES string of the molecule is CC(C)NCCC(=O)Nc1c(Cl)cc(Cl)c2nsnc12. The van der Waals surface area contributed by atoms with Crippen molar-refractivity contribution in [2.75, 3.05) is 11.9 Å². The summed E-state index contributed by atoms with van der Waals surface area (Å²) < 4.78 is 8.22. The summed E-state index contributed by atoms with van der Waals surface area (Å²) in [4.78, 5) is 11.9. The number of carbonyl (C=O) groups excluding carboxylic acids is 1. The van der Waals surface area contributed by atoms with E-state index in [1.807, 2.05) is 13.8 Å². The van der Waals surface area contributed by atoms with Gasteiger partial charge in [0.1, 0.15) is 11.0 Å². The maximum Gasteiger partial charge on any atom is 0.225 e. The standard InChI is InChI=1S/C12H14Cl2N4OS/c1-6(2)15-4-3-9(19)16-10-7(13)5-8(14)11-12(10)18-20-17-11/h5-6,15H,3-4H2,1-2H3,(H,16,19). The van der Waals surface area contributed by atoms with Gasteiger partial charge in [0.25, 0.3) is 0 Å². The van der Waals surface area contributed by atoms with E-state index in [0.717, 1.165) is 11.7 Å². The lowest BCUT2D eigenvalue weighted by molar-refractivity contribution is -0.116. The number of halogens is 2. The molecule has 0 aliphatic carbocycles. The third kappa shape index (κ3) is 3.58. The number of hydrogen-bond acceptors (Lipinski definition) is 5. The van der Waals surface area contributed by atoms with Gasteiger partial charge in [0, 0.05) is 19.0 Å². The third-order valence-corrected chi connectivity index (χ3v) is 3.73. The Labute approximate surface area is 131 Å². The van der Waals surface area contributed by atoms with Gasteiger partial charge in [0.2, 0.25) is 5.91 Å². The van der Waals surface area contributed by atoms with Crippen LogP contribution in [0.4, 0.5) is 5.69 Å². The van der Waals surface area contributed by atoms with Crippen molar-refractivity contribution in [3.8, 4) is 0 Å². The van der Waals surface area contributed by atoms with Crippen LogP contribution in [-0.4, -0.2) is 27.2 Å². The first kappa shape index (κ1) is 15.4. The Bertz CT molecular complexity index is 629. The molecule has 0 saturated heterocycles. The van der Waals surface area contributed by atoms with Crippen molar-refractivity contribution < 1.29 is 4.79 Å². The first-order chi connectivity index (χ1) is 9.49. The van der Waals surface area contributed by atoms with Crippen LogP contribution in [-0.2, 0) is 4.79 Å². The van der Waals surface area contributed by atoms with Crippen LogP contribution >= 0.6 is 34.9 Å². The number of rotatable bonds is 5. The zero-order valence-electron chi connectivity index (χ0n) is 11.0. The average Bonchev–Trinajstić information content (AvgIpc) is 2.83. The molecule has 1 amide bonds. The van der Waals surface area contributed by atoms with Gasteiger partial charge < -0.3 is 10.6 Å². The Morgan fingerprint density at radius 1 is 1.30 bits per heavy atom. The Balaban J connectivity index is 2.13. The van der Waals surface area contributed by atoms with Gasteiger partial charge in [-0.15, -0.1) is 0 Å². The normalized spacial score (nSPS) is 11.2. The molecule has 5 nitrogen and oxygen atoms in total. The van der Waals surface area contributed by atoms with Crippen molar-refractivity contribution in [1.82, 2.24) is 14.1 Å². The van der Waals surface area contributed by atoms with Gasteiger partial charge in [0.15, 0.2) is 0 Å². The van der Waals surface area contributed by atoms with Crippen LogP contribution in [0, 0.1) is 0 Å². The van der Waals surface area contributed by atoms with E-state index in [9.17, 15) is 4.79 Å². The van der Waals surface area contributed by atoms with Crippen molar-refractivity contribution in [3.63, 3.8) is 0 Å². The highest BCUT2D eigenvalue weighted by Crippen LogP contribution is 2.35. The number of anilines is 1. The maximum atomic E-state index is 11.9. The second kappa shape index (κ2) is 6.67. The fourth-order valence-electron chi connectivity index (χ4n) is 1.67. The quantitative estimate of drug-likeness (QED) is 0.881. The summed E-state index contributed by atoms with van der Waals surface area (Å²) in [6.07, 6.45) is 0.357. The topological polar surface area (TPSA) is 66.9 Å². The molecule has 0 spiro atoms. The van der Waals surface area contributed by atoms with Crippen molar-refractivity contribution >= 4 is 57.6 Å². The van der Waals surface area contributed by atoms with Gasteiger partial charge in [-0.05, 0) is 6.07 Å². The summed E-state index contributed by atoms with van der Waals surface area (Å²) in [6, 6.07) is 1.91. The lowest BCUT2D eigenvalue weighted by Crippen LogP contribution is -2.27. The summed E-state index contributed by atoms with van der Waals surface area (Å²) in [5.41, 5.74) is 1.55. The second-order valence-electron chi connectivity index (χ2n) is 4.58. The second-order valence-corrected chi connectivity index (χ2v) is 5.93. The van der Waals surface area contributed by atoms with Gasteiger partial charge in [-0.1, -0.05) is 37.0 Å². The summed E-state index contributed by atoms with van der Waals surface area (Å²) >= 11 is 13.2. The van der Waals surface area contributed by atoms with E-state index < -0.39 is 0 Å². The number of aromatic nitrogens is 2. The first-order valence-electron chi connectivity index (χ1n) is 6.12. The average molecular weight is 333 g/mol. The minimum Gasteiger partial charge on any atom is -0.323 e. The molecule has 2 N–H and O–H groups in total. The minimum atomic E-state index is -0.128. The van der Waals surface area contributed by atoms with Crippen molar-refractivity contribution in [2.24, 2.45) is 0 Å². The smallest absolute Gasteiger partial charge is 0.225 e. The molecular weight excluding hydrogens is 319 g/mol. The van der Waals surface area contributed by atoms with Crippen molar-refractivity contribution in [1.29, 1.82) is 0 Å². The summed E-state index contributed by atoms with van der Waals surface area (Å²) in [5.74, 6) is -0.128. The number of amides is 1. The number of carbonyl (C=O) groups is 1. The first-order valence-corrected chi connectivity index (χ1v) is 7.61. The van der Waals surface area contributed by atoms with E-state index in [1.54, 1.807) is 6.07 Å². The molecule has 0 aliphatic heterocycles. The molecule has 0 bridgehead atoms. The fourth-order valence-corrected chi connectivity index (χ4v) is 2.83. The van der Waals surface area contributed by atoms with Crippen LogP contribution in [0.3, 0.4) is 0 Å². The zero-order chi connectivity index (χ0) is 14.7. The molecule has 1 heterocycles. The van der Waals surface area contributed by atoms with E-state index in [1.165, 1.54) is 0 Å². The van der Waals surface area contributed by atoms with Gasteiger partial charge in [-0.3, -0.25) is 4.79 Å². The maximum absolute atomic E-state index is 11.9. The highest BCUT2D eigenvalue weighted by atomic mass is 35.5. The van der Waals surface area contributed by atoms with E-state index in [2.05, 4.69) is 19.4 Å². The largest absolute Gasteiger partial charge is 0.323 e. The number of fused-ring (bicyclic) bond motifs is 1. The van der Waals surface area contributed by atoms with Crippen LogP contribution in [0.15, 0.2) is 6.07 Å². The molecule has 0 aliphatic rings. The molecule has 20 heavy (non-hydrogen) atoms. The Morgan fingerprint density at radius 3 is 2.70 bits per heavy atom. The number of hydrogen-bond donors (Lipinski definition) is 2. The van der Waals surface area contributed by atoms with Crippen LogP contribution in [0.5, 0.6) is 0 Å². The molecular formula is C12H14Cl2N4OS. The molecule has 0 unspecified atom stereocenters. The van der Waals surface area contributed by atoms with Gasteiger partial charge in [-0.25, -0.2) is 0 Å². The zero-order valence-corrected chi connectivity index (χ0v) is 13.4. The predicted molar refractivity (Wildman–Crippen MR) is 83.8 cm³/mol. The van der Waals surface area contributed by atoms with E-state index in [4.69, 9.17) is 23.2 Å². The monoisotopic (exact) mass is 332 g/mol. The van der Waals surface area contributed by atoms with Crippen molar-refractivity contribution in [3.05, 3.63) is 16.1 Å². The van der Waals surface area contributed by atoms with Crippen LogP contribution in [0.25, 0.3) is 11.0 Å². The molecule has 1 aromatic heterocycles. The van der Waals surface area contributed by atoms with Crippen LogP contribution in [0.1, 0.15) is 20.3 Å². The number of nitrogens with one attached hydrogen (secondary N) is 2. The van der Waals surface area contributed by atoms with E-state index in [-0.39, 0.29) is 5.91 Å². The van der Waals surface area contributed by atoms with Gasteiger partial charge >= 0.3 is 0 Å². The molecule has 0 saturated carbocycles. The Morgan fingerprint density at radius 2 is 2.00 bits per heavy atom. The third-order valence-electron chi connectivity index (χ3n) is 2.61. The lowest BCUT2D eigenvalue weighted by Gasteiger charge is -2.10. The van der Waals surface area contributed by atoms with E-state index >= 15 is 0 Å². The molecule has 0 fully saturated rings. The molecule has 1 aromatic carbocycles. The Kier molecular flexibility index (Phi) is 5.15. The van der Waals surface area contributed by atoms with Crippen LogP contribution in [0.2, 0.25) is 10.0 Å². The molecule has 0 atom stereocenters. The van der Waals surface area contributed by atoms with Crippen molar-refractivity contribution in [2.45, 2.75) is 26.3 Å². The molecule has 8 heteroatoms. The summed E-state index contributed by atoms with van der Waals surface area (Å²) in [5, 5.41) is 6.74. The highest BCUT2D eigenvalue weighted by Gasteiger charge is 2.15. The predicted octanol–water partition coefficient (Wildman–Crippen LogP) is 3.32. The van der Waals surface area contributed by atoms with E-state index in [0.29, 0.717) is 45.8 Å². The molecule has 108 valence electrons. The molecule has 2 rings (SSSR count). The Hall–Kier alpha value is -0.950. The minimum absolute atomic E-state index is 0.128. The van der Waals surface area contributed by atoms with Gasteiger partial charge in [0.05, 0.1) is 27.5 Å². The highest BCUT2D eigenvalue weighted by molar-refractivity contribution is 7.00. The summed E-state index contributed by atoms with van der Waals surface area (Å²) in [6.45, 7) is 4.66. The number of nitrogens with zero attached hydrogens (tertiary/aromatic N) is 2. The fraction of sp³-hybridized carbons (Fsp3) is 0.417. The molecule has 0 radical (unpaired) electrons. The van der Waals surface area contributed by atoms with Crippen LogP contribution < -0.4 is 10.6 Å². The molecule has 2 aromatic rings. The van der Waals surface area contributed by atoms with Gasteiger partial charge in [-0.2, -0.15) is 8.75 Å². The lowest BCUT2D eigenvalue weighted by atomic mass is 10.2. The summed E-state index contributed by atoms with van der Waals surface area (Å²) in [7, 11) is 0. The number of benzene rings is 1.